The number of aryl methyl sites for hydroxylation is 1. The Labute approximate surface area is 117 Å². The van der Waals surface area contributed by atoms with E-state index in [1.165, 1.54) is 12.5 Å². The van der Waals surface area contributed by atoms with Crippen molar-refractivity contribution in [1.82, 2.24) is 5.32 Å². The fraction of sp³-hybridized carbons (Fsp3) is 0.571. The van der Waals surface area contributed by atoms with Crippen molar-refractivity contribution >= 4 is 11.9 Å². The van der Waals surface area contributed by atoms with Crippen LogP contribution in [0.15, 0.2) is 16.9 Å². The highest BCUT2D eigenvalue weighted by atomic mass is 16.5. The third-order valence-electron chi connectivity index (χ3n) is 3.73. The zero-order valence-electron chi connectivity index (χ0n) is 11.4. The van der Waals surface area contributed by atoms with Crippen molar-refractivity contribution in [1.29, 1.82) is 0 Å². The van der Waals surface area contributed by atoms with Crippen LogP contribution in [-0.4, -0.2) is 36.7 Å². The van der Waals surface area contributed by atoms with E-state index in [9.17, 15) is 14.7 Å². The maximum atomic E-state index is 11.9. The zero-order valence-corrected chi connectivity index (χ0v) is 11.4. The monoisotopic (exact) mass is 281 g/mol. The molecule has 1 amide bonds. The lowest BCUT2D eigenvalue weighted by molar-refractivity contribution is -0.144. The first-order valence-corrected chi connectivity index (χ1v) is 6.71. The summed E-state index contributed by atoms with van der Waals surface area (Å²) in [5, 5.41) is 12.0. The first-order valence-electron chi connectivity index (χ1n) is 6.71. The summed E-state index contributed by atoms with van der Waals surface area (Å²) in [6.45, 7) is 3.07. The lowest BCUT2D eigenvalue weighted by Gasteiger charge is -2.27. The molecule has 1 atom stereocenters. The molecule has 1 aliphatic heterocycles. The summed E-state index contributed by atoms with van der Waals surface area (Å²) < 4.78 is 10.2. The molecule has 0 radical (unpaired) electrons. The second kappa shape index (κ2) is 6.56. The summed E-state index contributed by atoms with van der Waals surface area (Å²) >= 11 is 0. The van der Waals surface area contributed by atoms with Crippen LogP contribution in [0, 0.1) is 18.8 Å². The van der Waals surface area contributed by atoms with Crippen LogP contribution in [-0.2, 0) is 9.53 Å². The highest BCUT2D eigenvalue weighted by Crippen LogP contribution is 2.24. The number of ether oxygens (including phenoxy) is 1. The van der Waals surface area contributed by atoms with E-state index >= 15 is 0 Å². The Morgan fingerprint density at radius 1 is 1.40 bits per heavy atom. The van der Waals surface area contributed by atoms with Gasteiger partial charge in [-0.15, -0.1) is 0 Å². The van der Waals surface area contributed by atoms with Gasteiger partial charge in [-0.25, -0.2) is 0 Å². The standard InChI is InChI=1S/C14H19NO5/c1-9-7-20-8-12(9)13(16)15-6-11(14(17)18)10-2-4-19-5-3-10/h7-8,10-11H,2-6H2,1H3,(H,15,16)(H,17,18). The summed E-state index contributed by atoms with van der Waals surface area (Å²) in [5.41, 5.74) is 1.18. The Hall–Kier alpha value is -1.82. The molecule has 1 unspecified atom stereocenters. The molecule has 6 nitrogen and oxygen atoms in total. The SMILES string of the molecule is Cc1cocc1C(=O)NCC(C(=O)O)C1CCOCC1. The first-order chi connectivity index (χ1) is 9.59. The normalized spacial score (nSPS) is 17.6. The molecule has 1 saturated heterocycles. The van der Waals surface area contributed by atoms with Gasteiger partial charge in [-0.3, -0.25) is 9.59 Å². The van der Waals surface area contributed by atoms with Gasteiger partial charge in [0.1, 0.15) is 6.26 Å². The third kappa shape index (κ3) is 3.39. The molecule has 1 aromatic rings. The van der Waals surface area contributed by atoms with Crippen molar-refractivity contribution in [2.75, 3.05) is 19.8 Å². The predicted octanol–water partition coefficient (Wildman–Crippen LogP) is 1.45. The molecule has 1 aromatic heterocycles. The van der Waals surface area contributed by atoms with Crippen LogP contribution in [0.3, 0.4) is 0 Å². The molecular formula is C14H19NO5. The summed E-state index contributed by atoms with van der Waals surface area (Å²) in [5.74, 6) is -1.70. The number of amides is 1. The van der Waals surface area contributed by atoms with Gasteiger partial charge in [-0.1, -0.05) is 0 Å². The highest BCUT2D eigenvalue weighted by molar-refractivity contribution is 5.95. The lowest BCUT2D eigenvalue weighted by atomic mass is 9.86. The number of aliphatic carboxylic acids is 1. The zero-order chi connectivity index (χ0) is 14.5. The molecule has 1 fully saturated rings. The molecular weight excluding hydrogens is 262 g/mol. The first kappa shape index (κ1) is 14.6. The second-order valence-electron chi connectivity index (χ2n) is 5.07. The fourth-order valence-corrected chi connectivity index (χ4v) is 2.46. The van der Waals surface area contributed by atoms with Crippen LogP contribution >= 0.6 is 0 Å². The second-order valence-corrected chi connectivity index (χ2v) is 5.07. The Balaban J connectivity index is 1.93. The minimum Gasteiger partial charge on any atom is -0.481 e. The van der Waals surface area contributed by atoms with Gasteiger partial charge >= 0.3 is 5.97 Å². The number of hydrogen-bond donors (Lipinski definition) is 2. The van der Waals surface area contributed by atoms with Crippen LogP contribution in [0.5, 0.6) is 0 Å². The molecule has 0 aromatic carbocycles. The van der Waals surface area contributed by atoms with Gasteiger partial charge in [0.2, 0.25) is 0 Å². The average Bonchev–Trinajstić information content (AvgIpc) is 2.86. The molecule has 20 heavy (non-hydrogen) atoms. The van der Waals surface area contributed by atoms with Crippen LogP contribution in [0.1, 0.15) is 28.8 Å². The number of hydrogen-bond acceptors (Lipinski definition) is 4. The van der Waals surface area contributed by atoms with E-state index in [1.54, 1.807) is 6.92 Å². The Morgan fingerprint density at radius 2 is 2.10 bits per heavy atom. The van der Waals surface area contributed by atoms with E-state index in [0.29, 0.717) is 18.8 Å². The number of carboxylic acid groups (broad SMARTS) is 1. The lowest BCUT2D eigenvalue weighted by Crippen LogP contribution is -2.39. The molecule has 0 saturated carbocycles. The van der Waals surface area contributed by atoms with E-state index in [0.717, 1.165) is 18.4 Å². The van der Waals surface area contributed by atoms with Crippen molar-refractivity contribution in [3.8, 4) is 0 Å². The molecule has 0 aliphatic carbocycles. The summed E-state index contributed by atoms with van der Waals surface area (Å²) in [7, 11) is 0. The highest BCUT2D eigenvalue weighted by Gasteiger charge is 2.30. The van der Waals surface area contributed by atoms with Crippen molar-refractivity contribution in [3.63, 3.8) is 0 Å². The molecule has 2 N–H and O–H groups in total. The van der Waals surface area contributed by atoms with Crippen molar-refractivity contribution in [2.24, 2.45) is 11.8 Å². The van der Waals surface area contributed by atoms with Gasteiger partial charge in [0.05, 0.1) is 17.7 Å². The quantitative estimate of drug-likeness (QED) is 0.852. The van der Waals surface area contributed by atoms with E-state index in [2.05, 4.69) is 5.32 Å². The molecule has 1 aliphatic rings. The van der Waals surface area contributed by atoms with Crippen molar-refractivity contribution in [3.05, 3.63) is 23.7 Å². The number of nitrogens with one attached hydrogen (secondary N) is 1. The third-order valence-corrected chi connectivity index (χ3v) is 3.73. The Morgan fingerprint density at radius 3 is 2.65 bits per heavy atom. The Bertz CT molecular complexity index is 476. The number of carbonyl (C=O) groups is 2. The van der Waals surface area contributed by atoms with Gasteiger partial charge < -0.3 is 19.6 Å². The number of rotatable bonds is 5. The van der Waals surface area contributed by atoms with E-state index in [1.807, 2.05) is 0 Å². The van der Waals surface area contributed by atoms with Gasteiger partial charge in [0.25, 0.3) is 5.91 Å². The van der Waals surface area contributed by atoms with Gasteiger partial charge in [-0.2, -0.15) is 0 Å². The predicted molar refractivity (Wildman–Crippen MR) is 70.4 cm³/mol. The van der Waals surface area contributed by atoms with E-state index in [-0.39, 0.29) is 18.4 Å². The smallest absolute Gasteiger partial charge is 0.308 e. The molecule has 6 heteroatoms. The largest absolute Gasteiger partial charge is 0.481 e. The van der Waals surface area contributed by atoms with Gasteiger partial charge in [0, 0.05) is 19.8 Å². The molecule has 2 rings (SSSR count). The summed E-state index contributed by atoms with van der Waals surface area (Å²) in [6, 6.07) is 0. The molecule has 2 heterocycles. The van der Waals surface area contributed by atoms with E-state index in [4.69, 9.17) is 9.15 Å². The van der Waals surface area contributed by atoms with E-state index < -0.39 is 11.9 Å². The Kier molecular flexibility index (Phi) is 4.79. The number of furan rings is 1. The van der Waals surface area contributed by atoms with Crippen molar-refractivity contribution < 1.29 is 23.8 Å². The van der Waals surface area contributed by atoms with Crippen LogP contribution in [0.4, 0.5) is 0 Å². The van der Waals surface area contributed by atoms with Gasteiger partial charge in [-0.05, 0) is 31.2 Å². The fourth-order valence-electron chi connectivity index (χ4n) is 2.46. The van der Waals surface area contributed by atoms with Crippen molar-refractivity contribution in [2.45, 2.75) is 19.8 Å². The number of carboxylic acids is 1. The van der Waals surface area contributed by atoms with Crippen LogP contribution in [0.25, 0.3) is 0 Å². The summed E-state index contributed by atoms with van der Waals surface area (Å²) in [4.78, 5) is 23.3. The van der Waals surface area contributed by atoms with Gasteiger partial charge in [0.15, 0.2) is 0 Å². The minimum atomic E-state index is -0.874. The summed E-state index contributed by atoms with van der Waals surface area (Å²) in [6.07, 6.45) is 4.30. The van der Waals surface area contributed by atoms with Crippen LogP contribution in [0.2, 0.25) is 0 Å². The maximum Gasteiger partial charge on any atom is 0.308 e. The van der Waals surface area contributed by atoms with Crippen LogP contribution < -0.4 is 5.32 Å². The average molecular weight is 281 g/mol. The minimum absolute atomic E-state index is 0.0481. The molecule has 0 spiro atoms. The number of carbonyl (C=O) groups excluding carboxylic acids is 1. The maximum absolute atomic E-state index is 11.9. The topological polar surface area (TPSA) is 88.8 Å². The molecule has 0 bridgehead atoms. The molecule has 110 valence electrons.